The quantitative estimate of drug-likeness (QED) is 0.552. The lowest BCUT2D eigenvalue weighted by Crippen LogP contribution is -2.20. The van der Waals surface area contributed by atoms with Gasteiger partial charge in [0.15, 0.2) is 11.5 Å². The maximum atomic E-state index is 12.3. The third-order valence-corrected chi connectivity index (χ3v) is 5.48. The van der Waals surface area contributed by atoms with Crippen LogP contribution in [0.5, 0.6) is 17.2 Å². The molecule has 0 bridgehead atoms. The fourth-order valence-corrected chi connectivity index (χ4v) is 3.70. The first-order valence-electron chi connectivity index (χ1n) is 10.1. The van der Waals surface area contributed by atoms with Crippen molar-refractivity contribution in [3.05, 3.63) is 75.7 Å². The molecule has 4 rings (SSSR count). The summed E-state index contributed by atoms with van der Waals surface area (Å²) in [5, 5.41) is 5.90. The van der Waals surface area contributed by atoms with E-state index in [2.05, 4.69) is 10.3 Å². The van der Waals surface area contributed by atoms with Gasteiger partial charge in [-0.25, -0.2) is 4.98 Å². The van der Waals surface area contributed by atoms with Crippen LogP contribution >= 0.6 is 11.3 Å². The predicted octanol–water partition coefficient (Wildman–Crippen LogP) is 4.52. The molecular weight excluding hydrogens is 412 g/mol. The molecule has 2 heterocycles. The van der Waals surface area contributed by atoms with Crippen molar-refractivity contribution in [3.8, 4) is 17.2 Å². The number of hydrogen-bond donors (Lipinski definition) is 1. The average Bonchev–Trinajstić information content (AvgIpc) is 3.06. The highest BCUT2D eigenvalue weighted by Crippen LogP contribution is 2.30. The Morgan fingerprint density at radius 3 is 2.87 bits per heavy atom. The van der Waals surface area contributed by atoms with E-state index < -0.39 is 0 Å². The van der Waals surface area contributed by atoms with Gasteiger partial charge >= 0.3 is 0 Å². The van der Waals surface area contributed by atoms with Gasteiger partial charge in [-0.3, -0.25) is 4.79 Å². The van der Waals surface area contributed by atoms with Crippen molar-refractivity contribution in [3.63, 3.8) is 0 Å². The maximum absolute atomic E-state index is 12.3. The molecule has 0 spiro atoms. The maximum Gasteiger partial charge on any atom is 0.244 e. The van der Waals surface area contributed by atoms with Crippen LogP contribution in [0, 0.1) is 6.92 Å². The lowest BCUT2D eigenvalue weighted by molar-refractivity contribution is -0.116. The Morgan fingerprint density at radius 2 is 2.03 bits per heavy atom. The Hall–Kier alpha value is -3.32. The van der Waals surface area contributed by atoms with Crippen LogP contribution in [-0.2, 0) is 17.9 Å². The molecule has 0 saturated carbocycles. The van der Waals surface area contributed by atoms with Crippen LogP contribution in [0.3, 0.4) is 0 Å². The van der Waals surface area contributed by atoms with Gasteiger partial charge in [-0.2, -0.15) is 0 Å². The highest BCUT2D eigenvalue weighted by molar-refractivity contribution is 7.09. The zero-order valence-corrected chi connectivity index (χ0v) is 18.1. The van der Waals surface area contributed by atoms with Crippen LogP contribution in [0.15, 0.2) is 53.9 Å². The number of carbonyl (C=O) groups excluding carboxylic acids is 1. The van der Waals surface area contributed by atoms with E-state index in [1.807, 2.05) is 54.8 Å². The van der Waals surface area contributed by atoms with E-state index in [9.17, 15) is 4.79 Å². The number of fused-ring (bicyclic) bond motifs is 1. The lowest BCUT2D eigenvalue weighted by atomic mass is 10.2. The van der Waals surface area contributed by atoms with Crippen molar-refractivity contribution in [1.82, 2.24) is 10.3 Å². The van der Waals surface area contributed by atoms with E-state index in [-0.39, 0.29) is 5.91 Å². The number of nitrogens with zero attached hydrogens (tertiary/aromatic N) is 1. The zero-order chi connectivity index (χ0) is 21.5. The number of benzene rings is 2. The van der Waals surface area contributed by atoms with Crippen molar-refractivity contribution in [1.29, 1.82) is 0 Å². The highest BCUT2D eigenvalue weighted by atomic mass is 32.1. The van der Waals surface area contributed by atoms with Crippen molar-refractivity contribution in [2.24, 2.45) is 0 Å². The summed E-state index contributed by atoms with van der Waals surface area (Å²) in [6.45, 7) is 4.06. The molecule has 0 aliphatic carbocycles. The molecule has 1 amide bonds. The molecule has 0 radical (unpaired) electrons. The fraction of sp³-hybridized carbons (Fsp3) is 0.250. The summed E-state index contributed by atoms with van der Waals surface area (Å²) in [4.78, 5) is 16.7. The molecule has 2 aromatic carbocycles. The Morgan fingerprint density at radius 1 is 1.19 bits per heavy atom. The molecule has 1 aliphatic rings. The number of aryl methyl sites for hydroxylation is 1. The number of para-hydroxylation sites is 1. The predicted molar refractivity (Wildman–Crippen MR) is 121 cm³/mol. The standard InChI is InChI=1S/C24H24N2O4S/c1-17-26-20(16-31-17)15-30-21-6-3-2-5-19(21)8-10-24(27)25-14-18-7-9-22-23(13-18)29-12-4-11-28-22/h2-3,5-10,13,16H,4,11-12,14-15H2,1H3,(H,25,27). The lowest BCUT2D eigenvalue weighted by Gasteiger charge is -2.10. The zero-order valence-electron chi connectivity index (χ0n) is 17.3. The number of hydrogen-bond acceptors (Lipinski definition) is 6. The summed E-state index contributed by atoms with van der Waals surface area (Å²) in [5.74, 6) is 2.00. The largest absolute Gasteiger partial charge is 0.490 e. The molecule has 0 atom stereocenters. The fourth-order valence-electron chi connectivity index (χ4n) is 3.11. The van der Waals surface area contributed by atoms with Gasteiger partial charge in [-0.15, -0.1) is 11.3 Å². The third kappa shape index (κ3) is 5.86. The van der Waals surface area contributed by atoms with E-state index in [0.29, 0.717) is 32.1 Å². The van der Waals surface area contributed by atoms with Crippen molar-refractivity contribution >= 4 is 23.3 Å². The summed E-state index contributed by atoms with van der Waals surface area (Å²) in [5.41, 5.74) is 2.68. The first-order chi connectivity index (χ1) is 15.2. The van der Waals surface area contributed by atoms with E-state index in [0.717, 1.165) is 39.7 Å². The van der Waals surface area contributed by atoms with Crippen LogP contribution in [0.1, 0.15) is 28.2 Å². The van der Waals surface area contributed by atoms with Gasteiger partial charge in [0.1, 0.15) is 12.4 Å². The minimum Gasteiger partial charge on any atom is -0.490 e. The Balaban J connectivity index is 1.33. The molecule has 7 heteroatoms. The van der Waals surface area contributed by atoms with Gasteiger partial charge in [0, 0.05) is 30.0 Å². The average molecular weight is 437 g/mol. The van der Waals surface area contributed by atoms with Crippen LogP contribution in [0.4, 0.5) is 0 Å². The minimum atomic E-state index is -0.183. The molecule has 1 aromatic heterocycles. The molecule has 3 aromatic rings. The van der Waals surface area contributed by atoms with Crippen molar-refractivity contribution in [2.45, 2.75) is 26.5 Å². The molecule has 1 N–H and O–H groups in total. The number of amides is 1. The Labute approximate surface area is 185 Å². The number of nitrogens with one attached hydrogen (secondary N) is 1. The van der Waals surface area contributed by atoms with Gasteiger partial charge < -0.3 is 19.5 Å². The highest BCUT2D eigenvalue weighted by Gasteiger charge is 2.11. The van der Waals surface area contributed by atoms with Crippen molar-refractivity contribution in [2.75, 3.05) is 13.2 Å². The molecule has 0 unspecified atom stereocenters. The topological polar surface area (TPSA) is 69.7 Å². The first-order valence-corrected chi connectivity index (χ1v) is 11.0. The first kappa shape index (κ1) is 20.9. The summed E-state index contributed by atoms with van der Waals surface area (Å²) in [6.07, 6.45) is 4.13. The minimum absolute atomic E-state index is 0.183. The van der Waals surface area contributed by atoms with Crippen LogP contribution < -0.4 is 19.5 Å². The number of rotatable bonds is 7. The van der Waals surface area contributed by atoms with Gasteiger partial charge in [-0.05, 0) is 36.8 Å². The summed E-state index contributed by atoms with van der Waals surface area (Å²) in [6, 6.07) is 13.3. The van der Waals surface area contributed by atoms with Gasteiger partial charge in [0.05, 0.1) is 23.9 Å². The summed E-state index contributed by atoms with van der Waals surface area (Å²) >= 11 is 1.60. The van der Waals surface area contributed by atoms with Gasteiger partial charge in [-0.1, -0.05) is 24.3 Å². The van der Waals surface area contributed by atoms with E-state index in [4.69, 9.17) is 14.2 Å². The second kappa shape index (κ2) is 10.1. The monoisotopic (exact) mass is 436 g/mol. The number of thiazole rings is 1. The van der Waals surface area contributed by atoms with E-state index >= 15 is 0 Å². The van der Waals surface area contributed by atoms with Gasteiger partial charge in [0.2, 0.25) is 5.91 Å². The molecular formula is C24H24N2O4S. The normalized spacial score (nSPS) is 13.1. The van der Waals surface area contributed by atoms with Crippen molar-refractivity contribution < 1.29 is 19.0 Å². The number of carbonyl (C=O) groups is 1. The molecule has 160 valence electrons. The second-order valence-electron chi connectivity index (χ2n) is 7.07. The van der Waals surface area contributed by atoms with Crippen LogP contribution in [0.2, 0.25) is 0 Å². The molecule has 0 fully saturated rings. The van der Waals surface area contributed by atoms with E-state index in [1.165, 1.54) is 6.08 Å². The Kier molecular flexibility index (Phi) is 6.84. The number of aromatic nitrogens is 1. The van der Waals surface area contributed by atoms with Crippen LogP contribution in [0.25, 0.3) is 6.08 Å². The molecule has 1 aliphatic heterocycles. The second-order valence-corrected chi connectivity index (χ2v) is 8.13. The van der Waals surface area contributed by atoms with E-state index in [1.54, 1.807) is 17.4 Å². The third-order valence-electron chi connectivity index (χ3n) is 4.65. The SMILES string of the molecule is Cc1nc(COc2ccccc2C=CC(=O)NCc2ccc3c(c2)OCCCO3)cs1. The molecule has 6 nitrogen and oxygen atoms in total. The smallest absolute Gasteiger partial charge is 0.244 e. The van der Waals surface area contributed by atoms with Gasteiger partial charge in [0.25, 0.3) is 0 Å². The van der Waals surface area contributed by atoms with Crippen LogP contribution in [-0.4, -0.2) is 24.1 Å². The molecule has 31 heavy (non-hydrogen) atoms. The Bertz CT molecular complexity index is 1080. The summed E-state index contributed by atoms with van der Waals surface area (Å²) in [7, 11) is 0. The summed E-state index contributed by atoms with van der Waals surface area (Å²) < 4.78 is 17.2. The molecule has 0 saturated heterocycles. The number of ether oxygens (including phenoxy) is 3.